The van der Waals surface area contributed by atoms with E-state index in [0.29, 0.717) is 11.5 Å². The summed E-state index contributed by atoms with van der Waals surface area (Å²) in [6.07, 6.45) is 3.63. The van der Waals surface area contributed by atoms with E-state index in [1.54, 1.807) is 18.2 Å². The number of rotatable bonds is 3. The van der Waals surface area contributed by atoms with Gasteiger partial charge >= 0.3 is 11.9 Å². The second-order valence-corrected chi connectivity index (χ2v) is 7.61. The molecule has 26 heavy (non-hydrogen) atoms. The van der Waals surface area contributed by atoms with Crippen LogP contribution in [0, 0.1) is 0 Å². The van der Waals surface area contributed by atoms with Gasteiger partial charge < -0.3 is 19.8 Å². The highest BCUT2D eigenvalue weighted by molar-refractivity contribution is 7.14. The Morgan fingerprint density at radius 2 is 1.96 bits per heavy atom. The van der Waals surface area contributed by atoms with E-state index in [2.05, 4.69) is 9.88 Å². The summed E-state index contributed by atoms with van der Waals surface area (Å²) in [5.74, 6) is -1.13. The molecule has 0 amide bonds. The van der Waals surface area contributed by atoms with Crippen LogP contribution in [0.5, 0.6) is 0 Å². The Kier molecular flexibility index (Phi) is 4.16. The molecule has 4 heterocycles. The second kappa shape index (κ2) is 6.37. The van der Waals surface area contributed by atoms with Crippen molar-refractivity contribution in [1.29, 1.82) is 0 Å². The average molecular weight is 374 g/mol. The molecule has 2 aliphatic heterocycles. The van der Waals surface area contributed by atoms with E-state index >= 15 is 0 Å². The van der Waals surface area contributed by atoms with Gasteiger partial charge in [0.05, 0.1) is 12.2 Å². The van der Waals surface area contributed by atoms with Gasteiger partial charge in [0.15, 0.2) is 0 Å². The minimum Gasteiger partial charge on any atom is -0.478 e. The fourth-order valence-corrected chi connectivity index (χ4v) is 4.94. The van der Waals surface area contributed by atoms with Crippen LogP contribution >= 0.6 is 11.3 Å². The number of fused-ring (bicyclic) bond motifs is 2. The molecular weight excluding hydrogens is 356 g/mol. The Hall–Kier alpha value is -2.45. The minimum atomic E-state index is -0.989. The maximum atomic E-state index is 11.3. The number of anilines is 1. The number of hydrogen-bond acceptors (Lipinski definition) is 6. The highest BCUT2D eigenvalue weighted by Crippen LogP contribution is 2.45. The molecule has 136 valence electrons. The Balaban J connectivity index is 1.53. The molecule has 0 radical (unpaired) electrons. The van der Waals surface area contributed by atoms with Crippen LogP contribution in [-0.4, -0.2) is 46.8 Å². The van der Waals surface area contributed by atoms with E-state index < -0.39 is 17.5 Å². The molecule has 2 aromatic rings. The Labute approximate surface area is 153 Å². The second-order valence-electron chi connectivity index (χ2n) is 6.56. The number of carboxylic acids is 2. The maximum absolute atomic E-state index is 11.3. The lowest BCUT2D eigenvalue weighted by Gasteiger charge is -2.44. The predicted octanol–water partition coefficient (Wildman–Crippen LogP) is 2.61. The summed E-state index contributed by atoms with van der Waals surface area (Å²) in [5.41, 5.74) is 0.849. The van der Waals surface area contributed by atoms with Crippen molar-refractivity contribution in [3.8, 4) is 0 Å². The summed E-state index contributed by atoms with van der Waals surface area (Å²) in [4.78, 5) is 30.0. The number of aromatic carboxylic acids is 2. The molecule has 0 aliphatic carbocycles. The molecule has 0 unspecified atom stereocenters. The predicted molar refractivity (Wildman–Crippen MR) is 95.3 cm³/mol. The largest absolute Gasteiger partial charge is 0.478 e. The maximum Gasteiger partial charge on any atom is 0.345 e. The lowest BCUT2D eigenvalue weighted by molar-refractivity contribution is -0.0735. The van der Waals surface area contributed by atoms with E-state index in [4.69, 9.17) is 9.84 Å². The summed E-state index contributed by atoms with van der Waals surface area (Å²) < 4.78 is 6.15. The number of carboxylic acid groups (broad SMARTS) is 2. The first-order valence-electron chi connectivity index (χ1n) is 8.43. The molecule has 0 aromatic carbocycles. The van der Waals surface area contributed by atoms with Gasteiger partial charge in [-0.1, -0.05) is 0 Å². The lowest BCUT2D eigenvalue weighted by Crippen LogP contribution is -2.46. The molecule has 0 saturated carbocycles. The minimum absolute atomic E-state index is 0.169. The van der Waals surface area contributed by atoms with Crippen molar-refractivity contribution < 1.29 is 24.5 Å². The number of piperidine rings is 1. The molecule has 1 spiro atoms. The zero-order valence-electron chi connectivity index (χ0n) is 14.0. The summed E-state index contributed by atoms with van der Waals surface area (Å²) >= 11 is 1.33. The number of aromatic nitrogens is 1. The fraction of sp³-hybridized carbons (Fsp3) is 0.389. The quantitative estimate of drug-likeness (QED) is 0.852. The third kappa shape index (κ3) is 2.85. The number of nitrogens with zero attached hydrogens (tertiary/aromatic N) is 2. The van der Waals surface area contributed by atoms with Gasteiger partial charge in [-0.3, -0.25) is 0 Å². The molecule has 2 aromatic heterocycles. The number of thiophene rings is 1. The van der Waals surface area contributed by atoms with Gasteiger partial charge in [-0.25, -0.2) is 14.6 Å². The van der Waals surface area contributed by atoms with Gasteiger partial charge in [-0.2, -0.15) is 0 Å². The summed E-state index contributed by atoms with van der Waals surface area (Å²) in [7, 11) is 0. The van der Waals surface area contributed by atoms with Gasteiger partial charge in [-0.05, 0) is 43.0 Å². The van der Waals surface area contributed by atoms with Gasteiger partial charge in [0, 0.05) is 24.2 Å². The van der Waals surface area contributed by atoms with Crippen molar-refractivity contribution in [3.05, 3.63) is 45.3 Å². The van der Waals surface area contributed by atoms with E-state index in [0.717, 1.165) is 48.6 Å². The number of hydrogen-bond donors (Lipinski definition) is 2. The van der Waals surface area contributed by atoms with E-state index in [9.17, 15) is 14.7 Å². The van der Waals surface area contributed by atoms with Crippen LogP contribution in [0.4, 0.5) is 5.82 Å². The monoisotopic (exact) mass is 374 g/mol. The third-order valence-electron chi connectivity index (χ3n) is 5.07. The van der Waals surface area contributed by atoms with Crippen molar-refractivity contribution in [3.63, 3.8) is 0 Å². The molecule has 2 aliphatic rings. The molecule has 0 atom stereocenters. The SMILES string of the molecule is O=C(O)c1ccc(N2CCC3(CC2)OCCc2cc(C(=O)O)sc23)nc1. The molecule has 0 bridgehead atoms. The molecule has 4 rings (SSSR count). The van der Waals surface area contributed by atoms with Crippen molar-refractivity contribution in [2.45, 2.75) is 24.9 Å². The summed E-state index contributed by atoms with van der Waals surface area (Å²) in [6.45, 7) is 2.05. The van der Waals surface area contributed by atoms with Gasteiger partial charge in [0.2, 0.25) is 0 Å². The smallest absolute Gasteiger partial charge is 0.345 e. The Bertz CT molecular complexity index is 853. The first-order chi connectivity index (χ1) is 12.5. The molecule has 1 saturated heterocycles. The van der Waals surface area contributed by atoms with Gasteiger partial charge in [-0.15, -0.1) is 11.3 Å². The number of ether oxygens (including phenoxy) is 1. The molecule has 7 nitrogen and oxygen atoms in total. The van der Waals surface area contributed by atoms with Crippen LogP contribution in [0.2, 0.25) is 0 Å². The van der Waals surface area contributed by atoms with Crippen LogP contribution in [0.25, 0.3) is 0 Å². The van der Waals surface area contributed by atoms with Crippen LogP contribution in [0.3, 0.4) is 0 Å². The van der Waals surface area contributed by atoms with Crippen molar-refractivity contribution in [2.75, 3.05) is 24.6 Å². The molecule has 8 heteroatoms. The lowest BCUT2D eigenvalue weighted by atomic mass is 9.85. The topological polar surface area (TPSA) is 100.0 Å². The van der Waals surface area contributed by atoms with Gasteiger partial charge in [0.25, 0.3) is 0 Å². The van der Waals surface area contributed by atoms with Crippen LogP contribution in [-0.2, 0) is 16.8 Å². The summed E-state index contributed by atoms with van der Waals surface area (Å²) in [6, 6.07) is 5.07. The number of pyridine rings is 1. The normalized spacial score (nSPS) is 18.5. The average Bonchev–Trinajstić information content (AvgIpc) is 3.09. The van der Waals surface area contributed by atoms with Crippen molar-refractivity contribution >= 4 is 29.1 Å². The Morgan fingerprint density at radius 1 is 1.19 bits per heavy atom. The fourth-order valence-electron chi connectivity index (χ4n) is 3.70. The van der Waals surface area contributed by atoms with Crippen LogP contribution < -0.4 is 4.90 Å². The Morgan fingerprint density at radius 3 is 2.58 bits per heavy atom. The molecule has 2 N–H and O–H groups in total. The first-order valence-corrected chi connectivity index (χ1v) is 9.25. The molecular formula is C18H18N2O5S. The third-order valence-corrected chi connectivity index (χ3v) is 6.42. The first kappa shape index (κ1) is 17.0. The van der Waals surface area contributed by atoms with Gasteiger partial charge in [0.1, 0.15) is 16.3 Å². The zero-order chi connectivity index (χ0) is 18.3. The standard InChI is InChI=1S/C18H18N2O5S/c21-16(22)12-1-2-14(19-10-12)20-6-4-18(5-7-20)15-11(3-8-25-18)9-13(26-15)17(23)24/h1-2,9-10H,3-8H2,(H,21,22)(H,23,24). The zero-order valence-corrected chi connectivity index (χ0v) is 14.8. The van der Waals surface area contributed by atoms with E-state index in [-0.39, 0.29) is 5.56 Å². The summed E-state index contributed by atoms with van der Waals surface area (Å²) in [5, 5.41) is 18.3. The molecule has 1 fully saturated rings. The highest BCUT2D eigenvalue weighted by atomic mass is 32.1. The van der Waals surface area contributed by atoms with Crippen LogP contribution in [0.15, 0.2) is 24.4 Å². The highest BCUT2D eigenvalue weighted by Gasteiger charge is 2.43. The van der Waals surface area contributed by atoms with E-state index in [1.165, 1.54) is 17.5 Å². The van der Waals surface area contributed by atoms with E-state index in [1.807, 2.05) is 0 Å². The van der Waals surface area contributed by atoms with Crippen LogP contribution in [0.1, 0.15) is 43.3 Å². The van der Waals surface area contributed by atoms with Crippen molar-refractivity contribution in [2.24, 2.45) is 0 Å². The number of carbonyl (C=O) groups is 2. The van der Waals surface area contributed by atoms with Crippen molar-refractivity contribution in [1.82, 2.24) is 4.98 Å².